The first-order chi connectivity index (χ1) is 21.9. The number of carbonyl (C=O) groups excluding carboxylic acids is 2. The van der Waals surface area contributed by atoms with Crippen LogP contribution in [-0.4, -0.2) is 72.5 Å². The second-order valence-electron chi connectivity index (χ2n) is 11.7. The number of benzene rings is 3. The number of hydrogen-bond donors (Lipinski definition) is 3. The molecule has 2 aliphatic heterocycles. The van der Waals surface area contributed by atoms with Crippen LogP contribution in [0.15, 0.2) is 60.7 Å². The number of rotatable bonds is 8. The van der Waals surface area contributed by atoms with Crippen molar-refractivity contribution in [3.63, 3.8) is 0 Å². The van der Waals surface area contributed by atoms with Crippen LogP contribution in [0, 0.1) is 5.92 Å². The summed E-state index contributed by atoms with van der Waals surface area (Å²) in [6, 6.07) is 14.3. The van der Waals surface area contributed by atoms with Gasteiger partial charge in [0.2, 0.25) is 12.7 Å². The molecule has 0 aliphatic carbocycles. The van der Waals surface area contributed by atoms with E-state index in [9.17, 15) is 27.9 Å². The average molecular weight is 643 g/mol. The van der Waals surface area contributed by atoms with Crippen LogP contribution < -0.4 is 24.8 Å². The van der Waals surface area contributed by atoms with E-state index in [1.54, 1.807) is 48.2 Å². The lowest BCUT2D eigenvalue weighted by atomic mass is 10.0. The molecule has 246 valence electrons. The Balaban J connectivity index is 1.33. The highest BCUT2D eigenvalue weighted by Gasteiger charge is 2.32. The zero-order valence-electron chi connectivity index (χ0n) is 25.8. The van der Waals surface area contributed by atoms with Crippen molar-refractivity contribution in [3.05, 3.63) is 77.4 Å². The van der Waals surface area contributed by atoms with Crippen molar-refractivity contribution >= 4 is 23.3 Å². The maximum Gasteiger partial charge on any atom is 0.416 e. The number of urea groups is 1. The van der Waals surface area contributed by atoms with Gasteiger partial charge in [0.1, 0.15) is 11.9 Å². The second kappa shape index (κ2) is 13.9. The van der Waals surface area contributed by atoms with Gasteiger partial charge >= 0.3 is 12.2 Å². The number of nitrogens with one attached hydrogen (secondary N) is 2. The fourth-order valence-electron chi connectivity index (χ4n) is 5.48. The fraction of sp³-hybridized carbons (Fsp3) is 0.394. The van der Waals surface area contributed by atoms with Crippen molar-refractivity contribution in [2.24, 2.45) is 5.92 Å². The highest BCUT2D eigenvalue weighted by atomic mass is 19.4. The topological polar surface area (TPSA) is 113 Å². The zero-order chi connectivity index (χ0) is 33.0. The molecule has 10 nitrogen and oxygen atoms in total. The molecule has 0 saturated heterocycles. The van der Waals surface area contributed by atoms with Crippen molar-refractivity contribution < 1.29 is 42.1 Å². The third-order valence-corrected chi connectivity index (χ3v) is 8.03. The third kappa shape index (κ3) is 8.01. The molecule has 2 heterocycles. The van der Waals surface area contributed by atoms with Crippen LogP contribution in [0.4, 0.5) is 29.3 Å². The van der Waals surface area contributed by atoms with E-state index in [1.165, 1.54) is 12.1 Å². The number of likely N-dealkylation sites (N-methyl/N-ethyl adjacent to an activating group) is 1. The zero-order valence-corrected chi connectivity index (χ0v) is 25.8. The number of aliphatic hydroxyl groups is 1. The first-order valence-electron chi connectivity index (χ1n) is 14.9. The minimum atomic E-state index is -4.40. The first kappa shape index (κ1) is 32.9. The number of amides is 3. The van der Waals surface area contributed by atoms with Crippen LogP contribution in [0.1, 0.15) is 30.5 Å². The first-order valence-corrected chi connectivity index (χ1v) is 14.9. The summed E-state index contributed by atoms with van der Waals surface area (Å²) in [5.74, 6) is 1.24. The quantitative estimate of drug-likeness (QED) is 0.303. The van der Waals surface area contributed by atoms with Gasteiger partial charge in [0.05, 0.1) is 24.6 Å². The van der Waals surface area contributed by atoms with Gasteiger partial charge in [0.25, 0.3) is 0 Å². The van der Waals surface area contributed by atoms with E-state index in [-0.39, 0.29) is 31.6 Å². The van der Waals surface area contributed by atoms with E-state index < -0.39 is 29.9 Å². The average Bonchev–Trinajstić information content (AvgIpc) is 3.48. The number of aliphatic hydroxyl groups excluding tert-OH is 1. The van der Waals surface area contributed by atoms with Crippen LogP contribution in [0.5, 0.6) is 17.2 Å². The van der Waals surface area contributed by atoms with E-state index >= 15 is 0 Å². The normalized spacial score (nSPS) is 18.6. The van der Waals surface area contributed by atoms with Gasteiger partial charge in [0.15, 0.2) is 11.5 Å². The minimum Gasteiger partial charge on any atom is -0.488 e. The number of nitrogens with zero attached hydrogens (tertiary/aromatic N) is 2. The molecule has 0 radical (unpaired) electrons. The van der Waals surface area contributed by atoms with Crippen molar-refractivity contribution in [2.75, 3.05) is 44.2 Å². The number of carbonyl (C=O) groups is 2. The Hall–Kier alpha value is -4.49. The van der Waals surface area contributed by atoms with Crippen LogP contribution in [0.3, 0.4) is 0 Å². The van der Waals surface area contributed by atoms with Crippen molar-refractivity contribution in [3.8, 4) is 17.2 Å². The fourth-order valence-corrected chi connectivity index (χ4v) is 5.48. The number of anilines is 2. The Morgan fingerprint density at radius 3 is 2.35 bits per heavy atom. The third-order valence-electron chi connectivity index (χ3n) is 8.03. The maximum atomic E-state index is 13.5. The monoisotopic (exact) mass is 642 g/mol. The Labute approximate surface area is 265 Å². The van der Waals surface area contributed by atoms with Crippen LogP contribution in [0.2, 0.25) is 0 Å². The molecule has 0 aromatic heterocycles. The summed E-state index contributed by atoms with van der Waals surface area (Å²) in [6.07, 6.45) is -4.83. The number of halogens is 3. The minimum absolute atomic E-state index is 0.0141. The summed E-state index contributed by atoms with van der Waals surface area (Å²) < 4.78 is 56.2. The van der Waals surface area contributed by atoms with Gasteiger partial charge in [-0.25, -0.2) is 4.79 Å². The molecule has 2 aliphatic rings. The van der Waals surface area contributed by atoms with E-state index in [2.05, 4.69) is 10.6 Å². The highest BCUT2D eigenvalue weighted by Crippen LogP contribution is 2.35. The van der Waals surface area contributed by atoms with Crippen molar-refractivity contribution in [1.82, 2.24) is 9.80 Å². The molecule has 0 saturated carbocycles. The van der Waals surface area contributed by atoms with E-state index in [4.69, 9.17) is 14.2 Å². The van der Waals surface area contributed by atoms with Crippen molar-refractivity contribution in [1.29, 1.82) is 0 Å². The Morgan fingerprint density at radius 2 is 1.67 bits per heavy atom. The number of alkyl halides is 3. The summed E-state index contributed by atoms with van der Waals surface area (Å²) in [4.78, 5) is 29.9. The molecule has 0 spiro atoms. The van der Waals surface area contributed by atoms with Gasteiger partial charge < -0.3 is 34.9 Å². The number of hydrogen-bond acceptors (Lipinski definition) is 7. The van der Waals surface area contributed by atoms with Crippen LogP contribution >= 0.6 is 0 Å². The van der Waals surface area contributed by atoms with Gasteiger partial charge in [-0.2, -0.15) is 13.2 Å². The SMILES string of the molecule is C[C@@H]1CN([C@H](C)CO)C(=O)Cc2cc(NC(=O)Nc3ccc4c(c3)OCO4)ccc2O[C@H]1CN(C)Cc1ccc(C(F)(F)F)cc1. The van der Waals surface area contributed by atoms with Gasteiger partial charge in [-0.1, -0.05) is 19.1 Å². The maximum absolute atomic E-state index is 13.5. The predicted octanol–water partition coefficient (Wildman–Crippen LogP) is 5.36. The highest BCUT2D eigenvalue weighted by molar-refractivity contribution is 6.00. The Bertz CT molecular complexity index is 1550. The molecule has 0 fully saturated rings. The van der Waals surface area contributed by atoms with E-state index in [0.29, 0.717) is 59.4 Å². The predicted molar refractivity (Wildman–Crippen MR) is 165 cm³/mol. The van der Waals surface area contributed by atoms with Gasteiger partial charge in [-0.15, -0.1) is 0 Å². The second-order valence-corrected chi connectivity index (χ2v) is 11.7. The summed E-state index contributed by atoms with van der Waals surface area (Å²) in [5, 5.41) is 15.5. The molecule has 3 aromatic rings. The van der Waals surface area contributed by atoms with E-state index in [1.807, 2.05) is 18.9 Å². The molecule has 0 unspecified atom stereocenters. The molecule has 3 amide bonds. The molecular weight excluding hydrogens is 605 g/mol. The number of ether oxygens (including phenoxy) is 3. The van der Waals surface area contributed by atoms with Gasteiger partial charge in [-0.05, 0) is 62.0 Å². The summed E-state index contributed by atoms with van der Waals surface area (Å²) >= 11 is 0. The molecule has 0 bridgehead atoms. The largest absolute Gasteiger partial charge is 0.488 e. The standard InChI is InChI=1S/C33H37F3N4O6/c1-20-15-40(21(2)18-41)31(42)13-23-12-25(37-32(43)38-26-9-11-28-29(14-26)45-19-44-28)8-10-27(23)46-30(20)17-39(3)16-22-4-6-24(7-5-22)33(34,35)36/h4-12,14,20-21,30,41H,13,15-19H2,1-3H3,(H2,37,38,43)/t20-,21-,30+/m1/s1. The summed E-state index contributed by atoms with van der Waals surface area (Å²) in [5.41, 5.74) is 1.52. The molecular formula is C33H37F3N4O6. The molecule has 5 rings (SSSR count). The lowest BCUT2D eigenvalue weighted by Gasteiger charge is -2.34. The van der Waals surface area contributed by atoms with Gasteiger partial charge in [-0.3, -0.25) is 9.69 Å². The van der Waals surface area contributed by atoms with Gasteiger partial charge in [0, 0.05) is 48.6 Å². The summed E-state index contributed by atoms with van der Waals surface area (Å²) in [7, 11) is 1.85. The molecule has 3 aromatic carbocycles. The summed E-state index contributed by atoms with van der Waals surface area (Å²) in [6.45, 7) is 4.76. The molecule has 3 atom stereocenters. The van der Waals surface area contributed by atoms with Crippen LogP contribution in [0.25, 0.3) is 0 Å². The van der Waals surface area contributed by atoms with E-state index in [0.717, 1.165) is 12.1 Å². The van der Waals surface area contributed by atoms with Crippen molar-refractivity contribution in [2.45, 2.75) is 45.1 Å². The Morgan fingerprint density at radius 1 is 1.02 bits per heavy atom. The molecule has 46 heavy (non-hydrogen) atoms. The van der Waals surface area contributed by atoms with Crippen LogP contribution in [-0.2, 0) is 23.9 Å². The lowest BCUT2D eigenvalue weighted by molar-refractivity contribution is -0.137. The smallest absolute Gasteiger partial charge is 0.416 e. The number of fused-ring (bicyclic) bond motifs is 2. The lowest BCUT2D eigenvalue weighted by Crippen LogP contribution is -2.47. The molecule has 3 N–H and O–H groups in total. The molecule has 13 heteroatoms. The Kier molecular flexibility index (Phi) is 9.92.